The SMILES string of the molecule is CCc1cccc(NC(=O)COC(=O)c2ccc(Cl)c(S(=O)(=O)N3CCCCC3)c2)c1. The topological polar surface area (TPSA) is 92.8 Å². The molecule has 1 heterocycles. The van der Waals surface area contributed by atoms with Crippen LogP contribution in [0.1, 0.15) is 42.1 Å². The lowest BCUT2D eigenvalue weighted by atomic mass is 10.1. The third kappa shape index (κ3) is 5.84. The molecule has 0 saturated carbocycles. The quantitative estimate of drug-likeness (QED) is 0.628. The first kappa shape index (κ1) is 23.2. The van der Waals surface area contributed by atoms with Crippen LogP contribution in [0.5, 0.6) is 0 Å². The van der Waals surface area contributed by atoms with Crippen LogP contribution in [0, 0.1) is 0 Å². The predicted molar refractivity (Wildman–Crippen MR) is 119 cm³/mol. The molecular formula is C22H25ClN2O5S. The fourth-order valence-corrected chi connectivity index (χ4v) is 5.37. The predicted octanol–water partition coefficient (Wildman–Crippen LogP) is 3.87. The second kappa shape index (κ2) is 10.3. The van der Waals surface area contributed by atoms with Gasteiger partial charge in [-0.1, -0.05) is 37.1 Å². The largest absolute Gasteiger partial charge is 0.452 e. The molecule has 2 aromatic rings. The van der Waals surface area contributed by atoms with Gasteiger partial charge in [0.15, 0.2) is 6.61 Å². The average molecular weight is 465 g/mol. The molecule has 1 aliphatic rings. The van der Waals surface area contributed by atoms with E-state index in [4.69, 9.17) is 16.3 Å². The summed E-state index contributed by atoms with van der Waals surface area (Å²) in [5.41, 5.74) is 1.70. The summed E-state index contributed by atoms with van der Waals surface area (Å²) in [6, 6.07) is 11.3. The fourth-order valence-electron chi connectivity index (χ4n) is 3.35. The van der Waals surface area contributed by atoms with Crippen molar-refractivity contribution in [3.63, 3.8) is 0 Å². The van der Waals surface area contributed by atoms with Gasteiger partial charge in [-0.05, 0) is 55.2 Å². The number of rotatable bonds is 7. The zero-order valence-electron chi connectivity index (χ0n) is 17.3. The Morgan fingerprint density at radius 3 is 2.55 bits per heavy atom. The van der Waals surface area contributed by atoms with Gasteiger partial charge in [0.05, 0.1) is 10.6 Å². The van der Waals surface area contributed by atoms with Gasteiger partial charge in [-0.3, -0.25) is 4.79 Å². The molecule has 3 rings (SSSR count). The first-order valence-electron chi connectivity index (χ1n) is 10.2. The number of hydrogen-bond donors (Lipinski definition) is 1. The number of ether oxygens (including phenoxy) is 1. The highest BCUT2D eigenvalue weighted by Gasteiger charge is 2.29. The number of nitrogens with one attached hydrogen (secondary N) is 1. The standard InChI is InChI=1S/C22H25ClN2O5S/c1-2-16-7-6-8-18(13-16)24-21(26)15-30-22(27)17-9-10-19(23)20(14-17)31(28,29)25-11-4-3-5-12-25/h6-10,13-14H,2-5,11-12,15H2,1H3,(H,24,26). The van der Waals surface area contributed by atoms with E-state index in [-0.39, 0.29) is 15.5 Å². The molecule has 1 saturated heterocycles. The smallest absolute Gasteiger partial charge is 0.338 e. The highest BCUT2D eigenvalue weighted by Crippen LogP contribution is 2.28. The summed E-state index contributed by atoms with van der Waals surface area (Å²) in [6.45, 7) is 2.36. The van der Waals surface area contributed by atoms with E-state index in [0.717, 1.165) is 31.2 Å². The van der Waals surface area contributed by atoms with Crippen molar-refractivity contribution >= 4 is 39.2 Å². The zero-order chi connectivity index (χ0) is 22.4. The number of halogens is 1. The van der Waals surface area contributed by atoms with Gasteiger partial charge in [-0.15, -0.1) is 0 Å². The van der Waals surface area contributed by atoms with E-state index in [1.807, 2.05) is 25.1 Å². The van der Waals surface area contributed by atoms with Crippen molar-refractivity contribution in [2.75, 3.05) is 25.0 Å². The number of nitrogens with zero attached hydrogens (tertiary/aromatic N) is 1. The number of carbonyl (C=O) groups is 2. The Kier molecular flexibility index (Phi) is 7.69. The molecule has 1 aliphatic heterocycles. The number of hydrogen-bond acceptors (Lipinski definition) is 5. The van der Waals surface area contributed by atoms with Gasteiger partial charge in [0, 0.05) is 18.8 Å². The fraction of sp³-hybridized carbons (Fsp3) is 0.364. The molecule has 0 aromatic heterocycles. The van der Waals surface area contributed by atoms with E-state index >= 15 is 0 Å². The molecule has 0 atom stereocenters. The Morgan fingerprint density at radius 1 is 1.10 bits per heavy atom. The maximum Gasteiger partial charge on any atom is 0.338 e. The van der Waals surface area contributed by atoms with Crippen molar-refractivity contribution < 1.29 is 22.7 Å². The second-order valence-electron chi connectivity index (χ2n) is 7.29. The maximum atomic E-state index is 12.9. The molecule has 0 spiro atoms. The van der Waals surface area contributed by atoms with Crippen LogP contribution < -0.4 is 5.32 Å². The molecule has 9 heteroatoms. The lowest BCUT2D eigenvalue weighted by Crippen LogP contribution is -2.35. The van der Waals surface area contributed by atoms with Gasteiger partial charge in [-0.25, -0.2) is 13.2 Å². The van der Waals surface area contributed by atoms with Crippen LogP contribution in [0.15, 0.2) is 47.4 Å². The van der Waals surface area contributed by atoms with Crippen LogP contribution in [-0.2, 0) is 26.0 Å². The molecule has 31 heavy (non-hydrogen) atoms. The van der Waals surface area contributed by atoms with Crippen LogP contribution in [-0.4, -0.2) is 44.3 Å². The first-order chi connectivity index (χ1) is 14.8. The third-order valence-corrected chi connectivity index (χ3v) is 7.43. The van der Waals surface area contributed by atoms with E-state index < -0.39 is 28.5 Å². The maximum absolute atomic E-state index is 12.9. The van der Waals surface area contributed by atoms with E-state index in [0.29, 0.717) is 18.8 Å². The van der Waals surface area contributed by atoms with E-state index in [1.54, 1.807) is 6.07 Å². The number of benzene rings is 2. The number of amides is 1. The lowest BCUT2D eigenvalue weighted by Gasteiger charge is -2.26. The summed E-state index contributed by atoms with van der Waals surface area (Å²) in [5.74, 6) is -1.29. The summed E-state index contributed by atoms with van der Waals surface area (Å²) in [6.07, 6.45) is 3.39. The molecule has 0 aliphatic carbocycles. The molecule has 0 bridgehead atoms. The minimum absolute atomic E-state index is 0.0146. The van der Waals surface area contributed by atoms with Crippen LogP contribution in [0.3, 0.4) is 0 Å². The highest BCUT2D eigenvalue weighted by atomic mass is 35.5. The number of sulfonamides is 1. The molecule has 1 fully saturated rings. The van der Waals surface area contributed by atoms with Gasteiger partial charge >= 0.3 is 5.97 Å². The molecule has 166 valence electrons. The summed E-state index contributed by atoms with van der Waals surface area (Å²) in [5, 5.41) is 2.71. The van der Waals surface area contributed by atoms with Crippen molar-refractivity contribution in [2.45, 2.75) is 37.5 Å². The summed E-state index contributed by atoms with van der Waals surface area (Å²) < 4.78 is 32.3. The van der Waals surface area contributed by atoms with Gasteiger partial charge in [-0.2, -0.15) is 4.31 Å². The van der Waals surface area contributed by atoms with Gasteiger partial charge in [0.2, 0.25) is 10.0 Å². The van der Waals surface area contributed by atoms with Gasteiger partial charge < -0.3 is 10.1 Å². The van der Waals surface area contributed by atoms with Gasteiger partial charge in [0.1, 0.15) is 4.90 Å². The normalized spacial score (nSPS) is 14.8. The minimum Gasteiger partial charge on any atom is -0.452 e. The van der Waals surface area contributed by atoms with E-state index in [2.05, 4.69) is 5.32 Å². The number of carbonyl (C=O) groups excluding carboxylic acids is 2. The molecule has 7 nitrogen and oxygen atoms in total. The molecule has 0 unspecified atom stereocenters. The van der Waals surface area contributed by atoms with Crippen LogP contribution in [0.4, 0.5) is 5.69 Å². The van der Waals surface area contributed by atoms with Crippen LogP contribution in [0.25, 0.3) is 0 Å². The summed E-state index contributed by atoms with van der Waals surface area (Å²) in [7, 11) is -3.81. The number of piperidine rings is 1. The zero-order valence-corrected chi connectivity index (χ0v) is 18.8. The molecule has 2 aromatic carbocycles. The van der Waals surface area contributed by atoms with Crippen molar-refractivity contribution in [2.24, 2.45) is 0 Å². The molecule has 1 N–H and O–H groups in total. The Hall–Kier alpha value is -2.42. The van der Waals surface area contributed by atoms with Crippen molar-refractivity contribution in [1.82, 2.24) is 4.31 Å². The Bertz CT molecular complexity index is 1070. The summed E-state index contributed by atoms with van der Waals surface area (Å²) >= 11 is 6.13. The van der Waals surface area contributed by atoms with E-state index in [9.17, 15) is 18.0 Å². The lowest BCUT2D eigenvalue weighted by molar-refractivity contribution is -0.119. The number of esters is 1. The van der Waals surface area contributed by atoms with Crippen LogP contribution in [0.2, 0.25) is 5.02 Å². The Balaban J connectivity index is 1.66. The number of anilines is 1. The highest BCUT2D eigenvalue weighted by molar-refractivity contribution is 7.89. The van der Waals surface area contributed by atoms with E-state index in [1.165, 1.54) is 22.5 Å². The first-order valence-corrected chi connectivity index (χ1v) is 12.0. The summed E-state index contributed by atoms with van der Waals surface area (Å²) in [4.78, 5) is 24.4. The molecular weight excluding hydrogens is 440 g/mol. The van der Waals surface area contributed by atoms with Crippen LogP contribution >= 0.6 is 11.6 Å². The number of aryl methyl sites for hydroxylation is 1. The van der Waals surface area contributed by atoms with Crippen molar-refractivity contribution in [3.8, 4) is 0 Å². The van der Waals surface area contributed by atoms with Gasteiger partial charge in [0.25, 0.3) is 5.91 Å². The third-order valence-electron chi connectivity index (χ3n) is 5.05. The Morgan fingerprint density at radius 2 is 1.84 bits per heavy atom. The molecule has 0 radical (unpaired) electrons. The van der Waals surface area contributed by atoms with Crippen molar-refractivity contribution in [1.29, 1.82) is 0 Å². The second-order valence-corrected chi connectivity index (χ2v) is 9.60. The monoisotopic (exact) mass is 464 g/mol. The average Bonchev–Trinajstić information content (AvgIpc) is 2.78. The van der Waals surface area contributed by atoms with Crippen molar-refractivity contribution in [3.05, 3.63) is 58.6 Å². The molecule has 1 amide bonds. The Labute approximate surface area is 187 Å². The minimum atomic E-state index is -3.81.